The Morgan fingerprint density at radius 3 is 2.72 bits per heavy atom. The molecular weight excluding hydrogens is 316 g/mol. The molecule has 3 heterocycles. The first kappa shape index (κ1) is 15.9. The zero-order valence-corrected chi connectivity index (χ0v) is 14.1. The third-order valence-electron chi connectivity index (χ3n) is 4.51. The van der Waals surface area contributed by atoms with Gasteiger partial charge in [-0.3, -0.25) is 9.30 Å². The predicted molar refractivity (Wildman–Crippen MR) is 98.0 cm³/mol. The molecule has 6 nitrogen and oxygen atoms in total. The van der Waals surface area contributed by atoms with Gasteiger partial charge in [-0.05, 0) is 24.3 Å². The van der Waals surface area contributed by atoms with E-state index in [9.17, 15) is 5.11 Å². The summed E-state index contributed by atoms with van der Waals surface area (Å²) in [6.45, 7) is 5.31. The third-order valence-corrected chi connectivity index (χ3v) is 4.51. The van der Waals surface area contributed by atoms with Crippen LogP contribution in [0.4, 0.5) is 5.82 Å². The Morgan fingerprint density at radius 1 is 1.08 bits per heavy atom. The fourth-order valence-electron chi connectivity index (χ4n) is 3.18. The van der Waals surface area contributed by atoms with Crippen LogP contribution in [0.15, 0.2) is 48.7 Å². The van der Waals surface area contributed by atoms with E-state index in [2.05, 4.69) is 10.2 Å². The van der Waals surface area contributed by atoms with E-state index in [1.54, 1.807) is 6.07 Å². The van der Waals surface area contributed by atoms with E-state index < -0.39 is 0 Å². The van der Waals surface area contributed by atoms with Crippen LogP contribution >= 0.6 is 0 Å². The molecule has 1 aliphatic rings. The average Bonchev–Trinajstić information content (AvgIpc) is 3.02. The lowest BCUT2D eigenvalue weighted by Crippen LogP contribution is -2.39. The molecule has 130 valence electrons. The van der Waals surface area contributed by atoms with Gasteiger partial charge in [0.05, 0.1) is 13.2 Å². The van der Waals surface area contributed by atoms with Gasteiger partial charge in [0.1, 0.15) is 22.9 Å². The Bertz CT molecular complexity index is 856. The van der Waals surface area contributed by atoms with E-state index in [-0.39, 0.29) is 5.75 Å². The van der Waals surface area contributed by atoms with Crippen molar-refractivity contribution in [1.82, 2.24) is 14.3 Å². The first-order valence-corrected chi connectivity index (χ1v) is 8.62. The van der Waals surface area contributed by atoms with Crippen LogP contribution in [0, 0.1) is 0 Å². The van der Waals surface area contributed by atoms with Crippen LogP contribution in [-0.4, -0.2) is 58.8 Å². The summed E-state index contributed by atoms with van der Waals surface area (Å²) >= 11 is 0. The van der Waals surface area contributed by atoms with Crippen molar-refractivity contribution in [2.75, 3.05) is 44.7 Å². The van der Waals surface area contributed by atoms with Crippen molar-refractivity contribution in [2.24, 2.45) is 0 Å². The van der Waals surface area contributed by atoms with Crippen molar-refractivity contribution in [1.29, 1.82) is 0 Å². The molecule has 1 aliphatic heterocycles. The number of phenolic OH excluding ortho intramolecular Hbond substituents is 1. The van der Waals surface area contributed by atoms with E-state index in [1.807, 2.05) is 47.0 Å². The fourth-order valence-corrected chi connectivity index (χ4v) is 3.18. The molecule has 0 saturated carbocycles. The number of rotatable bonds is 5. The van der Waals surface area contributed by atoms with Crippen molar-refractivity contribution >= 4 is 11.5 Å². The minimum Gasteiger partial charge on any atom is -0.507 e. The topological polar surface area (TPSA) is 62.0 Å². The second-order valence-electron chi connectivity index (χ2n) is 6.14. The number of anilines is 1. The molecule has 3 aromatic rings. The molecule has 1 aromatic carbocycles. The number of morpholine rings is 1. The molecule has 25 heavy (non-hydrogen) atoms. The molecule has 0 aliphatic carbocycles. The van der Waals surface area contributed by atoms with Gasteiger partial charge in [0, 0.05) is 37.9 Å². The van der Waals surface area contributed by atoms with Crippen molar-refractivity contribution < 1.29 is 9.84 Å². The highest BCUT2D eigenvalue weighted by Crippen LogP contribution is 2.34. The minimum atomic E-state index is 0.238. The molecule has 1 saturated heterocycles. The lowest BCUT2D eigenvalue weighted by Gasteiger charge is -2.26. The Hall–Kier alpha value is -2.57. The number of para-hydroxylation sites is 1. The van der Waals surface area contributed by atoms with Crippen LogP contribution in [0.2, 0.25) is 0 Å². The quantitative estimate of drug-likeness (QED) is 0.748. The van der Waals surface area contributed by atoms with E-state index in [0.29, 0.717) is 0 Å². The van der Waals surface area contributed by atoms with Gasteiger partial charge in [0.15, 0.2) is 0 Å². The van der Waals surface area contributed by atoms with Gasteiger partial charge in [-0.15, -0.1) is 0 Å². The number of imidazole rings is 1. The standard InChI is InChI=1S/C19H22N4O2/c24-16-6-2-1-5-15(16)18-19(23-9-4-3-7-17(23)21-18)20-8-10-22-11-13-25-14-12-22/h1-7,9,20,24H,8,10-14H2. The molecule has 6 heteroatoms. The highest BCUT2D eigenvalue weighted by molar-refractivity contribution is 5.80. The Morgan fingerprint density at radius 2 is 1.88 bits per heavy atom. The fraction of sp³-hybridized carbons (Fsp3) is 0.316. The number of pyridine rings is 1. The second kappa shape index (κ2) is 7.13. The zero-order valence-electron chi connectivity index (χ0n) is 14.1. The number of phenols is 1. The summed E-state index contributed by atoms with van der Waals surface area (Å²) in [5.74, 6) is 1.15. The highest BCUT2D eigenvalue weighted by Gasteiger charge is 2.17. The number of nitrogens with one attached hydrogen (secondary N) is 1. The Labute approximate surface area is 146 Å². The molecule has 0 atom stereocenters. The van der Waals surface area contributed by atoms with Gasteiger partial charge in [-0.2, -0.15) is 0 Å². The molecule has 2 aromatic heterocycles. The second-order valence-corrected chi connectivity index (χ2v) is 6.14. The maximum atomic E-state index is 10.2. The maximum absolute atomic E-state index is 10.2. The lowest BCUT2D eigenvalue weighted by molar-refractivity contribution is 0.0398. The molecular formula is C19H22N4O2. The van der Waals surface area contributed by atoms with Gasteiger partial charge in [0.25, 0.3) is 0 Å². The number of aromatic nitrogens is 2. The van der Waals surface area contributed by atoms with Crippen molar-refractivity contribution in [3.8, 4) is 17.0 Å². The van der Waals surface area contributed by atoms with Crippen LogP contribution in [-0.2, 0) is 4.74 Å². The average molecular weight is 338 g/mol. The van der Waals surface area contributed by atoms with Gasteiger partial charge in [-0.25, -0.2) is 4.98 Å². The van der Waals surface area contributed by atoms with E-state index in [0.717, 1.165) is 62.1 Å². The number of ether oxygens (including phenoxy) is 1. The summed E-state index contributed by atoms with van der Waals surface area (Å²) in [4.78, 5) is 7.10. The third kappa shape index (κ3) is 3.31. The lowest BCUT2D eigenvalue weighted by atomic mass is 10.1. The largest absolute Gasteiger partial charge is 0.507 e. The summed E-state index contributed by atoms with van der Waals surface area (Å²) in [5.41, 5.74) is 2.36. The molecule has 0 amide bonds. The predicted octanol–water partition coefficient (Wildman–Crippen LogP) is 2.45. The smallest absolute Gasteiger partial charge is 0.139 e. The van der Waals surface area contributed by atoms with Gasteiger partial charge >= 0.3 is 0 Å². The number of benzene rings is 1. The number of aromatic hydroxyl groups is 1. The summed E-state index contributed by atoms with van der Waals surface area (Å²) in [6, 6.07) is 13.2. The highest BCUT2D eigenvalue weighted by atomic mass is 16.5. The molecule has 0 spiro atoms. The van der Waals surface area contributed by atoms with Crippen LogP contribution in [0.1, 0.15) is 0 Å². The molecule has 0 bridgehead atoms. The molecule has 0 radical (unpaired) electrons. The van der Waals surface area contributed by atoms with Crippen molar-refractivity contribution in [2.45, 2.75) is 0 Å². The van der Waals surface area contributed by atoms with Crippen LogP contribution in [0.3, 0.4) is 0 Å². The minimum absolute atomic E-state index is 0.238. The van der Waals surface area contributed by atoms with Gasteiger partial charge in [-0.1, -0.05) is 18.2 Å². The molecule has 2 N–H and O–H groups in total. The zero-order chi connectivity index (χ0) is 17.1. The van der Waals surface area contributed by atoms with Crippen molar-refractivity contribution in [3.63, 3.8) is 0 Å². The van der Waals surface area contributed by atoms with E-state index in [1.165, 1.54) is 0 Å². The van der Waals surface area contributed by atoms with E-state index in [4.69, 9.17) is 9.72 Å². The summed E-state index contributed by atoms with van der Waals surface area (Å²) in [6.07, 6.45) is 1.99. The van der Waals surface area contributed by atoms with Crippen LogP contribution in [0.5, 0.6) is 5.75 Å². The maximum Gasteiger partial charge on any atom is 0.139 e. The summed E-state index contributed by atoms with van der Waals surface area (Å²) in [7, 11) is 0. The van der Waals surface area contributed by atoms with Gasteiger partial charge < -0.3 is 15.2 Å². The van der Waals surface area contributed by atoms with E-state index >= 15 is 0 Å². The Kier molecular flexibility index (Phi) is 4.54. The van der Waals surface area contributed by atoms with Gasteiger partial charge in [0.2, 0.25) is 0 Å². The number of hydrogen-bond acceptors (Lipinski definition) is 5. The molecule has 4 rings (SSSR count). The summed E-state index contributed by atoms with van der Waals surface area (Å²) in [5, 5.41) is 13.8. The first-order valence-electron chi connectivity index (χ1n) is 8.62. The van der Waals surface area contributed by atoms with Crippen LogP contribution in [0.25, 0.3) is 16.9 Å². The molecule has 1 fully saturated rings. The summed E-state index contributed by atoms with van der Waals surface area (Å²) < 4.78 is 7.42. The van der Waals surface area contributed by atoms with Crippen molar-refractivity contribution in [3.05, 3.63) is 48.7 Å². The number of fused-ring (bicyclic) bond motifs is 1. The SMILES string of the molecule is Oc1ccccc1-c1nc2ccccn2c1NCCN1CCOCC1. The normalized spacial score (nSPS) is 15.5. The monoisotopic (exact) mass is 338 g/mol. The molecule has 0 unspecified atom stereocenters. The first-order chi connectivity index (χ1) is 12.3. The van der Waals surface area contributed by atoms with Crippen LogP contribution < -0.4 is 5.32 Å². The number of hydrogen-bond donors (Lipinski definition) is 2. The number of nitrogens with zero attached hydrogens (tertiary/aromatic N) is 3. The Balaban J connectivity index is 1.62.